The van der Waals surface area contributed by atoms with Gasteiger partial charge in [0.2, 0.25) is 0 Å². The van der Waals surface area contributed by atoms with Gasteiger partial charge in [0.1, 0.15) is 5.82 Å². The number of nitrogens with two attached hydrogens (primary N) is 1. The van der Waals surface area contributed by atoms with E-state index in [0.717, 1.165) is 48.6 Å². The summed E-state index contributed by atoms with van der Waals surface area (Å²) in [5, 5.41) is 2.13. The van der Waals surface area contributed by atoms with Crippen LogP contribution >= 0.6 is 11.3 Å². The molecule has 2 heterocycles. The number of imidazole rings is 1. The number of thiophene rings is 1. The third-order valence-electron chi connectivity index (χ3n) is 3.63. The minimum Gasteiger partial charge on any atom is -0.399 e. The summed E-state index contributed by atoms with van der Waals surface area (Å²) in [6.45, 7) is 5.27. The fraction of sp³-hybridized carbons (Fsp3) is 0.312. The lowest BCUT2D eigenvalue weighted by molar-refractivity contribution is 0.284. The van der Waals surface area contributed by atoms with Crippen LogP contribution in [0.3, 0.4) is 0 Å². The second kappa shape index (κ2) is 6.28. The predicted molar refractivity (Wildman–Crippen MR) is 89.5 cm³/mol. The van der Waals surface area contributed by atoms with E-state index in [1.54, 1.807) is 0 Å². The molecule has 0 aliphatic heterocycles. The molecule has 1 aromatic carbocycles. The normalized spacial score (nSPS) is 11.5. The number of hydrogen-bond donors (Lipinski definition) is 2. The molecule has 0 aliphatic carbocycles. The zero-order chi connectivity index (χ0) is 14.7. The first-order valence-corrected chi connectivity index (χ1v) is 8.11. The van der Waals surface area contributed by atoms with Gasteiger partial charge in [0, 0.05) is 30.1 Å². The standard InChI is InChI=1S/C16H20N4S/c1-2-20(11-13-4-3-9-21-13)8-7-16-18-14-6-5-12(17)10-15(14)19-16/h3-6,9-10H,2,7-8,11,17H2,1H3,(H,18,19). The highest BCUT2D eigenvalue weighted by molar-refractivity contribution is 7.09. The number of benzene rings is 1. The third-order valence-corrected chi connectivity index (χ3v) is 4.49. The van der Waals surface area contributed by atoms with Gasteiger partial charge in [-0.15, -0.1) is 11.3 Å². The molecule has 21 heavy (non-hydrogen) atoms. The van der Waals surface area contributed by atoms with E-state index in [1.807, 2.05) is 29.5 Å². The first kappa shape index (κ1) is 14.1. The van der Waals surface area contributed by atoms with E-state index in [2.05, 4.69) is 39.3 Å². The first-order chi connectivity index (χ1) is 10.2. The Kier molecular flexibility index (Phi) is 4.22. The van der Waals surface area contributed by atoms with Crippen molar-refractivity contribution in [3.63, 3.8) is 0 Å². The van der Waals surface area contributed by atoms with Crippen LogP contribution in [-0.4, -0.2) is 28.0 Å². The fourth-order valence-corrected chi connectivity index (χ4v) is 3.18. The maximum absolute atomic E-state index is 5.80. The second-order valence-electron chi connectivity index (χ2n) is 5.16. The molecular formula is C16H20N4S. The van der Waals surface area contributed by atoms with E-state index in [9.17, 15) is 0 Å². The number of H-pyrrole nitrogens is 1. The summed E-state index contributed by atoms with van der Waals surface area (Å²) in [5.41, 5.74) is 8.57. The summed E-state index contributed by atoms with van der Waals surface area (Å²) in [7, 11) is 0. The summed E-state index contributed by atoms with van der Waals surface area (Å²) in [6, 6.07) is 10.1. The zero-order valence-corrected chi connectivity index (χ0v) is 13.0. The van der Waals surface area contributed by atoms with Crippen LogP contribution in [0.2, 0.25) is 0 Å². The molecular weight excluding hydrogens is 280 g/mol. The van der Waals surface area contributed by atoms with Crippen molar-refractivity contribution >= 4 is 28.1 Å². The molecule has 0 atom stereocenters. The largest absolute Gasteiger partial charge is 0.399 e. The van der Waals surface area contributed by atoms with Crippen LogP contribution in [0.15, 0.2) is 35.7 Å². The second-order valence-corrected chi connectivity index (χ2v) is 6.19. The molecule has 4 nitrogen and oxygen atoms in total. The van der Waals surface area contributed by atoms with E-state index < -0.39 is 0 Å². The average Bonchev–Trinajstić information content (AvgIpc) is 3.11. The van der Waals surface area contributed by atoms with Gasteiger partial charge in [-0.05, 0) is 36.2 Å². The number of likely N-dealkylation sites (N-methyl/N-ethyl adjacent to an activating group) is 1. The van der Waals surface area contributed by atoms with E-state index in [-0.39, 0.29) is 0 Å². The molecule has 0 saturated heterocycles. The third kappa shape index (κ3) is 3.43. The van der Waals surface area contributed by atoms with Crippen molar-refractivity contribution in [3.05, 3.63) is 46.4 Å². The Hall–Kier alpha value is -1.85. The number of fused-ring (bicyclic) bond motifs is 1. The lowest BCUT2D eigenvalue weighted by Gasteiger charge is -2.18. The van der Waals surface area contributed by atoms with E-state index in [4.69, 9.17) is 5.73 Å². The van der Waals surface area contributed by atoms with Crippen molar-refractivity contribution < 1.29 is 0 Å². The van der Waals surface area contributed by atoms with Crippen molar-refractivity contribution in [3.8, 4) is 0 Å². The first-order valence-electron chi connectivity index (χ1n) is 7.23. The highest BCUT2D eigenvalue weighted by Gasteiger charge is 2.08. The zero-order valence-electron chi connectivity index (χ0n) is 12.2. The molecule has 3 aromatic rings. The molecule has 0 aliphatic rings. The van der Waals surface area contributed by atoms with Crippen LogP contribution in [0.25, 0.3) is 11.0 Å². The monoisotopic (exact) mass is 300 g/mol. The number of nitrogens with zero attached hydrogens (tertiary/aromatic N) is 2. The van der Waals surface area contributed by atoms with Gasteiger partial charge in [-0.1, -0.05) is 13.0 Å². The number of nitrogen functional groups attached to an aromatic ring is 1. The van der Waals surface area contributed by atoms with Crippen molar-refractivity contribution in [1.82, 2.24) is 14.9 Å². The van der Waals surface area contributed by atoms with E-state index >= 15 is 0 Å². The van der Waals surface area contributed by atoms with Gasteiger partial charge >= 0.3 is 0 Å². The average molecular weight is 300 g/mol. The quantitative estimate of drug-likeness (QED) is 0.687. The summed E-state index contributed by atoms with van der Waals surface area (Å²) >= 11 is 1.81. The van der Waals surface area contributed by atoms with Crippen molar-refractivity contribution in [1.29, 1.82) is 0 Å². The Morgan fingerprint density at radius 1 is 1.33 bits per heavy atom. The number of aromatic amines is 1. The Balaban J connectivity index is 1.64. The Morgan fingerprint density at radius 3 is 3.00 bits per heavy atom. The molecule has 0 fully saturated rings. The maximum Gasteiger partial charge on any atom is 0.108 e. The number of anilines is 1. The molecule has 0 unspecified atom stereocenters. The molecule has 3 N–H and O–H groups in total. The van der Waals surface area contributed by atoms with Gasteiger partial charge in [-0.3, -0.25) is 4.90 Å². The minimum atomic E-state index is 0.769. The predicted octanol–water partition coefficient (Wildman–Crippen LogP) is 3.27. The molecule has 0 amide bonds. The number of aromatic nitrogens is 2. The molecule has 2 aromatic heterocycles. The molecule has 0 bridgehead atoms. The molecule has 5 heteroatoms. The van der Waals surface area contributed by atoms with E-state index in [0.29, 0.717) is 0 Å². The Bertz CT molecular complexity index is 702. The number of hydrogen-bond acceptors (Lipinski definition) is 4. The highest BCUT2D eigenvalue weighted by atomic mass is 32.1. The number of rotatable bonds is 6. The van der Waals surface area contributed by atoms with Crippen LogP contribution in [0, 0.1) is 0 Å². The number of nitrogens with one attached hydrogen (secondary N) is 1. The smallest absolute Gasteiger partial charge is 0.108 e. The summed E-state index contributed by atoms with van der Waals surface area (Å²) in [6.07, 6.45) is 0.924. The van der Waals surface area contributed by atoms with Gasteiger partial charge in [0.05, 0.1) is 11.0 Å². The van der Waals surface area contributed by atoms with E-state index in [1.165, 1.54) is 4.88 Å². The molecule has 0 saturated carbocycles. The lowest BCUT2D eigenvalue weighted by atomic mass is 10.3. The Labute approximate surface area is 128 Å². The molecule has 0 radical (unpaired) electrons. The van der Waals surface area contributed by atoms with Crippen molar-refractivity contribution in [2.24, 2.45) is 0 Å². The summed E-state index contributed by atoms with van der Waals surface area (Å²) in [5.74, 6) is 1.03. The van der Waals surface area contributed by atoms with Gasteiger partial charge in [0.25, 0.3) is 0 Å². The lowest BCUT2D eigenvalue weighted by Crippen LogP contribution is -2.25. The van der Waals surface area contributed by atoms with Gasteiger partial charge in [0.15, 0.2) is 0 Å². The molecule has 0 spiro atoms. The highest BCUT2D eigenvalue weighted by Crippen LogP contribution is 2.16. The van der Waals surface area contributed by atoms with Crippen LogP contribution in [0.4, 0.5) is 5.69 Å². The molecule has 110 valence electrons. The van der Waals surface area contributed by atoms with Crippen LogP contribution in [0.1, 0.15) is 17.6 Å². The SMILES string of the molecule is CCN(CCc1nc2ccc(N)cc2[nH]1)Cc1cccs1. The molecule has 3 rings (SSSR count). The summed E-state index contributed by atoms with van der Waals surface area (Å²) in [4.78, 5) is 11.8. The minimum absolute atomic E-state index is 0.769. The van der Waals surface area contributed by atoms with Gasteiger partial charge in [-0.25, -0.2) is 4.98 Å². The van der Waals surface area contributed by atoms with Gasteiger partial charge in [-0.2, -0.15) is 0 Å². The fourth-order valence-electron chi connectivity index (χ4n) is 2.43. The summed E-state index contributed by atoms with van der Waals surface area (Å²) < 4.78 is 0. The van der Waals surface area contributed by atoms with Crippen molar-refractivity contribution in [2.45, 2.75) is 19.9 Å². The van der Waals surface area contributed by atoms with Crippen LogP contribution in [0.5, 0.6) is 0 Å². The maximum atomic E-state index is 5.80. The van der Waals surface area contributed by atoms with Crippen LogP contribution < -0.4 is 5.73 Å². The van der Waals surface area contributed by atoms with Crippen molar-refractivity contribution in [2.75, 3.05) is 18.8 Å². The Morgan fingerprint density at radius 2 is 2.24 bits per heavy atom. The van der Waals surface area contributed by atoms with Gasteiger partial charge < -0.3 is 10.7 Å². The topological polar surface area (TPSA) is 57.9 Å². The van der Waals surface area contributed by atoms with Crippen LogP contribution in [-0.2, 0) is 13.0 Å².